The van der Waals surface area contributed by atoms with E-state index in [4.69, 9.17) is 16.3 Å². The number of anilines is 2. The maximum Gasteiger partial charge on any atom is 0.316 e. The molecule has 0 unspecified atom stereocenters. The van der Waals surface area contributed by atoms with E-state index in [9.17, 15) is 19.2 Å². The van der Waals surface area contributed by atoms with Gasteiger partial charge in [-0.1, -0.05) is 35.9 Å². The number of hydrogen-bond donors (Lipinski definition) is 0. The van der Waals surface area contributed by atoms with Crippen LogP contribution in [0.4, 0.5) is 11.4 Å². The van der Waals surface area contributed by atoms with Crippen molar-refractivity contribution in [3.63, 3.8) is 0 Å². The molecule has 2 aromatic carbocycles. The van der Waals surface area contributed by atoms with Crippen LogP contribution in [0.15, 0.2) is 54.6 Å². The number of benzene rings is 2. The first-order chi connectivity index (χ1) is 17.8. The molecule has 4 fully saturated rings. The Morgan fingerprint density at radius 2 is 1.65 bits per heavy atom. The highest BCUT2D eigenvalue weighted by Gasteiger charge is 2.67. The van der Waals surface area contributed by atoms with E-state index in [-0.39, 0.29) is 60.1 Å². The third-order valence-electron chi connectivity index (χ3n) is 8.95. The van der Waals surface area contributed by atoms with E-state index in [1.165, 1.54) is 4.90 Å². The van der Waals surface area contributed by atoms with Crippen LogP contribution < -0.4 is 14.5 Å². The number of allylic oxidation sites excluding steroid dienone is 2. The highest BCUT2D eigenvalue weighted by molar-refractivity contribution is 6.31. The average molecular weight is 517 g/mol. The first kappa shape index (κ1) is 22.7. The summed E-state index contributed by atoms with van der Waals surface area (Å²) in [5.74, 6) is -0.621. The minimum absolute atomic E-state index is 0.0368. The molecule has 0 radical (unpaired) electrons. The topological polar surface area (TPSA) is 84.0 Å². The predicted molar refractivity (Wildman–Crippen MR) is 136 cm³/mol. The van der Waals surface area contributed by atoms with Gasteiger partial charge in [-0.05, 0) is 66.8 Å². The minimum Gasteiger partial charge on any atom is -0.426 e. The standard InChI is InChI=1S/C29H25ClN2O5/c1-14-22(30)6-3-7-23(14)31-13-15(10-24(31)33)29(36)37-17-5-2-4-16(11-17)32-27(34)25-18-8-9-19(21-12-20(18)21)26(25)28(32)35/h2-9,11,15,18-21,25-26H,10,12-13H2,1H3/t15-,18+,19+,20-,21+,25-,26-/m1/s1. The highest BCUT2D eigenvalue weighted by Crippen LogP contribution is 2.65. The van der Waals surface area contributed by atoms with Crippen LogP contribution in [0.25, 0.3) is 0 Å². The Bertz CT molecular complexity index is 1380. The number of esters is 1. The molecule has 2 aromatic rings. The van der Waals surface area contributed by atoms with Crippen LogP contribution in [-0.4, -0.2) is 30.2 Å². The fraction of sp³-hybridized carbons (Fsp3) is 0.379. The molecule has 8 heteroatoms. The molecule has 4 aliphatic carbocycles. The summed E-state index contributed by atoms with van der Waals surface area (Å²) in [5.41, 5.74) is 1.88. The molecule has 2 saturated carbocycles. The Morgan fingerprint density at radius 3 is 2.35 bits per heavy atom. The van der Waals surface area contributed by atoms with Crippen molar-refractivity contribution >= 4 is 46.7 Å². The molecule has 2 aliphatic heterocycles. The summed E-state index contributed by atoms with van der Waals surface area (Å²) in [7, 11) is 0. The lowest BCUT2D eigenvalue weighted by Crippen LogP contribution is -2.40. The normalized spacial score (nSPS) is 33.1. The Morgan fingerprint density at radius 1 is 0.973 bits per heavy atom. The molecule has 37 heavy (non-hydrogen) atoms. The number of imide groups is 1. The van der Waals surface area contributed by atoms with Gasteiger partial charge in [0.05, 0.1) is 23.4 Å². The minimum atomic E-state index is -0.638. The molecule has 2 saturated heterocycles. The van der Waals surface area contributed by atoms with Crippen molar-refractivity contribution < 1.29 is 23.9 Å². The van der Waals surface area contributed by atoms with Crippen LogP contribution in [0.1, 0.15) is 18.4 Å². The molecule has 6 aliphatic rings. The fourth-order valence-corrected chi connectivity index (χ4v) is 7.25. The van der Waals surface area contributed by atoms with Crippen LogP contribution in [0.3, 0.4) is 0 Å². The molecular formula is C29H25ClN2O5. The maximum absolute atomic E-state index is 13.4. The number of carbonyl (C=O) groups excluding carboxylic acids is 4. The van der Waals surface area contributed by atoms with Gasteiger partial charge in [-0.2, -0.15) is 0 Å². The van der Waals surface area contributed by atoms with Crippen molar-refractivity contribution in [1.29, 1.82) is 0 Å². The zero-order chi connectivity index (χ0) is 25.6. The SMILES string of the molecule is Cc1c(Cl)cccc1N1C[C@H](C(=O)Oc2cccc(N3C(=O)[C@@H]4[C@H]5C=C[C@@H]([C@@H]6C[C@H]56)[C@H]4C3=O)c2)CC1=O. The van der Waals surface area contributed by atoms with Crippen molar-refractivity contribution in [3.8, 4) is 5.75 Å². The molecule has 7 atom stereocenters. The molecule has 0 N–H and O–H groups in total. The second-order valence-corrected chi connectivity index (χ2v) is 11.3. The largest absolute Gasteiger partial charge is 0.426 e. The van der Waals surface area contributed by atoms with Crippen molar-refractivity contribution in [2.45, 2.75) is 19.8 Å². The summed E-state index contributed by atoms with van der Waals surface area (Å²) in [5, 5.41) is 0.555. The van der Waals surface area contributed by atoms with Gasteiger partial charge >= 0.3 is 5.97 Å². The third kappa shape index (κ3) is 3.33. The zero-order valence-corrected chi connectivity index (χ0v) is 20.9. The van der Waals surface area contributed by atoms with Crippen LogP contribution in [0.5, 0.6) is 5.75 Å². The molecule has 8 rings (SSSR count). The van der Waals surface area contributed by atoms with Crippen molar-refractivity contribution in [2.24, 2.45) is 41.4 Å². The molecule has 0 aromatic heterocycles. The summed E-state index contributed by atoms with van der Waals surface area (Å²) in [4.78, 5) is 55.4. The van der Waals surface area contributed by atoms with Crippen LogP contribution >= 0.6 is 11.6 Å². The number of carbonyl (C=O) groups is 4. The lowest BCUT2D eigenvalue weighted by Gasteiger charge is -2.37. The van der Waals surface area contributed by atoms with Crippen LogP contribution in [0, 0.1) is 48.3 Å². The van der Waals surface area contributed by atoms with Gasteiger partial charge < -0.3 is 9.64 Å². The van der Waals surface area contributed by atoms with Gasteiger partial charge in [-0.3, -0.25) is 19.2 Å². The highest BCUT2D eigenvalue weighted by atomic mass is 35.5. The number of amides is 3. The number of halogens is 1. The monoisotopic (exact) mass is 516 g/mol. The van der Waals surface area contributed by atoms with E-state index in [0.29, 0.717) is 28.2 Å². The number of rotatable bonds is 4. The Balaban J connectivity index is 1.08. The van der Waals surface area contributed by atoms with Gasteiger partial charge in [-0.15, -0.1) is 0 Å². The predicted octanol–water partition coefficient (Wildman–Crippen LogP) is 4.16. The van der Waals surface area contributed by atoms with E-state index in [1.807, 2.05) is 13.0 Å². The van der Waals surface area contributed by atoms with Gasteiger partial charge in [0.2, 0.25) is 17.7 Å². The Kier molecular flexibility index (Phi) is 4.93. The molecule has 3 amide bonds. The summed E-state index contributed by atoms with van der Waals surface area (Å²) >= 11 is 6.22. The molecule has 2 bridgehead atoms. The van der Waals surface area contributed by atoms with E-state index in [1.54, 1.807) is 41.3 Å². The average Bonchev–Trinajstić information content (AvgIpc) is 3.56. The van der Waals surface area contributed by atoms with E-state index < -0.39 is 11.9 Å². The van der Waals surface area contributed by atoms with Crippen molar-refractivity contribution in [1.82, 2.24) is 0 Å². The van der Waals surface area contributed by atoms with Gasteiger partial charge in [0, 0.05) is 29.7 Å². The van der Waals surface area contributed by atoms with E-state index in [2.05, 4.69) is 12.2 Å². The summed E-state index contributed by atoms with van der Waals surface area (Å²) in [6, 6.07) is 11.9. The summed E-state index contributed by atoms with van der Waals surface area (Å²) < 4.78 is 5.65. The summed E-state index contributed by atoms with van der Waals surface area (Å²) in [6.07, 6.45) is 5.43. The summed E-state index contributed by atoms with van der Waals surface area (Å²) in [6.45, 7) is 2.03. The van der Waals surface area contributed by atoms with E-state index >= 15 is 0 Å². The molecule has 2 heterocycles. The molecule has 188 valence electrons. The lowest BCUT2D eigenvalue weighted by molar-refractivity contribution is -0.139. The lowest BCUT2D eigenvalue weighted by atomic mass is 9.63. The Labute approximate surface area is 219 Å². The number of nitrogens with zero attached hydrogens (tertiary/aromatic N) is 2. The molecule has 0 spiro atoms. The first-order valence-corrected chi connectivity index (χ1v) is 13.1. The molecule has 7 nitrogen and oxygen atoms in total. The van der Waals surface area contributed by atoms with Crippen molar-refractivity contribution in [2.75, 3.05) is 16.3 Å². The van der Waals surface area contributed by atoms with E-state index in [0.717, 1.165) is 12.0 Å². The first-order valence-electron chi connectivity index (χ1n) is 12.8. The van der Waals surface area contributed by atoms with Crippen LogP contribution in [0.2, 0.25) is 5.02 Å². The third-order valence-corrected chi connectivity index (χ3v) is 9.35. The van der Waals surface area contributed by atoms with Gasteiger partial charge in [0.1, 0.15) is 5.75 Å². The van der Waals surface area contributed by atoms with Crippen LogP contribution in [-0.2, 0) is 19.2 Å². The fourth-order valence-electron chi connectivity index (χ4n) is 7.08. The van der Waals surface area contributed by atoms with Gasteiger partial charge in [0.25, 0.3) is 0 Å². The molecular weight excluding hydrogens is 492 g/mol. The maximum atomic E-state index is 13.4. The van der Waals surface area contributed by atoms with Gasteiger partial charge in [0.15, 0.2) is 0 Å². The number of ether oxygens (including phenoxy) is 1. The van der Waals surface area contributed by atoms with Gasteiger partial charge in [-0.25, -0.2) is 4.90 Å². The second-order valence-electron chi connectivity index (χ2n) is 10.9. The second kappa shape index (κ2) is 8.02. The quantitative estimate of drug-likeness (QED) is 0.264. The Hall–Kier alpha value is -3.45. The number of hydrogen-bond acceptors (Lipinski definition) is 5. The zero-order valence-electron chi connectivity index (χ0n) is 20.2. The smallest absolute Gasteiger partial charge is 0.316 e. The van der Waals surface area contributed by atoms with Crippen molar-refractivity contribution in [3.05, 3.63) is 65.2 Å².